The van der Waals surface area contributed by atoms with E-state index in [9.17, 15) is 4.79 Å². The van der Waals surface area contributed by atoms with Crippen molar-refractivity contribution in [3.8, 4) is 0 Å². The van der Waals surface area contributed by atoms with E-state index in [1.165, 1.54) is 29.1 Å². The molecular weight excluding hydrogens is 394 g/mol. The van der Waals surface area contributed by atoms with Crippen molar-refractivity contribution >= 4 is 28.6 Å². The first-order valence-corrected chi connectivity index (χ1v) is 12.4. The number of aliphatic imine (C=N–C) groups is 1. The van der Waals surface area contributed by atoms with Crippen LogP contribution < -0.4 is 4.90 Å². The quantitative estimate of drug-likeness (QED) is 0.675. The smallest absolute Gasteiger partial charge is 0.410 e. The van der Waals surface area contributed by atoms with Crippen molar-refractivity contribution in [1.29, 1.82) is 0 Å². The summed E-state index contributed by atoms with van der Waals surface area (Å²) in [5, 5.41) is 1.19. The van der Waals surface area contributed by atoms with E-state index in [-0.39, 0.29) is 6.09 Å². The molecule has 30 heavy (non-hydrogen) atoms. The molecule has 0 saturated carbocycles. The van der Waals surface area contributed by atoms with Crippen molar-refractivity contribution in [1.82, 2.24) is 4.90 Å². The van der Waals surface area contributed by atoms with Crippen LogP contribution >= 0.6 is 11.8 Å². The molecule has 4 rings (SSSR count). The van der Waals surface area contributed by atoms with E-state index in [0.29, 0.717) is 0 Å². The Morgan fingerprint density at radius 1 is 1.00 bits per heavy atom. The van der Waals surface area contributed by atoms with Gasteiger partial charge in [-0.05, 0) is 70.4 Å². The first-order valence-electron chi connectivity index (χ1n) is 11.4. The van der Waals surface area contributed by atoms with Crippen LogP contribution in [0.5, 0.6) is 0 Å². The highest BCUT2D eigenvalue weighted by molar-refractivity contribution is 8.14. The molecule has 1 aromatic carbocycles. The minimum Gasteiger partial charge on any atom is -0.444 e. The van der Waals surface area contributed by atoms with Gasteiger partial charge >= 0.3 is 6.09 Å². The van der Waals surface area contributed by atoms with Crippen LogP contribution in [-0.2, 0) is 4.74 Å². The molecule has 3 heterocycles. The summed E-state index contributed by atoms with van der Waals surface area (Å²) >= 11 is 1.86. The van der Waals surface area contributed by atoms with E-state index < -0.39 is 5.60 Å². The van der Waals surface area contributed by atoms with Gasteiger partial charge in [-0.25, -0.2) is 4.79 Å². The van der Waals surface area contributed by atoms with Crippen LogP contribution in [0.1, 0.15) is 52.0 Å². The van der Waals surface area contributed by atoms with Gasteiger partial charge in [0.15, 0.2) is 0 Å². The Hall–Kier alpha value is -1.69. The lowest BCUT2D eigenvalue weighted by molar-refractivity contribution is 0.0152. The highest BCUT2D eigenvalue weighted by Crippen LogP contribution is 2.34. The average molecular weight is 430 g/mol. The van der Waals surface area contributed by atoms with E-state index in [2.05, 4.69) is 34.2 Å². The van der Waals surface area contributed by atoms with Crippen LogP contribution in [0.15, 0.2) is 29.3 Å². The second kappa shape index (κ2) is 9.21. The van der Waals surface area contributed by atoms with Crippen molar-refractivity contribution in [2.75, 3.05) is 43.4 Å². The van der Waals surface area contributed by atoms with Crippen molar-refractivity contribution in [2.24, 2.45) is 16.8 Å². The maximum atomic E-state index is 12.3. The number of nitrogens with zero attached hydrogens (tertiary/aromatic N) is 3. The predicted molar refractivity (Wildman–Crippen MR) is 126 cm³/mol. The summed E-state index contributed by atoms with van der Waals surface area (Å²) in [5.74, 6) is 2.64. The summed E-state index contributed by atoms with van der Waals surface area (Å²) in [6.07, 6.45) is 4.57. The highest BCUT2D eigenvalue weighted by atomic mass is 32.2. The van der Waals surface area contributed by atoms with Gasteiger partial charge in [0, 0.05) is 49.7 Å². The van der Waals surface area contributed by atoms with Crippen molar-refractivity contribution in [3.05, 3.63) is 29.8 Å². The van der Waals surface area contributed by atoms with E-state index in [0.717, 1.165) is 63.2 Å². The maximum Gasteiger partial charge on any atom is 0.410 e. The minimum atomic E-state index is -0.414. The summed E-state index contributed by atoms with van der Waals surface area (Å²) in [6, 6.07) is 8.97. The zero-order valence-electron chi connectivity index (χ0n) is 18.6. The lowest BCUT2D eigenvalue weighted by Crippen LogP contribution is -2.44. The van der Waals surface area contributed by atoms with Crippen LogP contribution in [0.25, 0.3) is 0 Å². The number of hydrogen-bond acceptors (Lipinski definition) is 5. The van der Waals surface area contributed by atoms with Crippen LogP contribution in [0.2, 0.25) is 0 Å². The Kier molecular flexibility index (Phi) is 6.61. The molecule has 5 nitrogen and oxygen atoms in total. The third-order valence-corrected chi connectivity index (χ3v) is 7.49. The minimum absolute atomic E-state index is 0.152. The molecule has 0 N–H and O–H groups in total. The fraction of sp³-hybridized carbons (Fsp3) is 0.667. The Labute approximate surface area is 185 Å². The number of piperidine rings is 2. The average Bonchev–Trinajstić information content (AvgIpc) is 3.28. The van der Waals surface area contributed by atoms with Crippen LogP contribution in [0.3, 0.4) is 0 Å². The first kappa shape index (κ1) is 21.5. The van der Waals surface area contributed by atoms with Crippen molar-refractivity contribution < 1.29 is 9.53 Å². The fourth-order valence-corrected chi connectivity index (χ4v) is 5.69. The van der Waals surface area contributed by atoms with Gasteiger partial charge in [-0.15, -0.1) is 11.8 Å². The van der Waals surface area contributed by atoms with Gasteiger partial charge in [0.25, 0.3) is 0 Å². The van der Waals surface area contributed by atoms with Gasteiger partial charge < -0.3 is 14.5 Å². The topological polar surface area (TPSA) is 45.1 Å². The van der Waals surface area contributed by atoms with E-state index in [1.807, 2.05) is 37.4 Å². The molecule has 2 fully saturated rings. The van der Waals surface area contributed by atoms with E-state index >= 15 is 0 Å². The Morgan fingerprint density at radius 3 is 2.13 bits per heavy atom. The SMILES string of the molecule is CC(C)(C)OC(=O)N1CCC(C2CCN(c3ccc(C4=NCCS4)cc3)CC2)CC1. The third kappa shape index (κ3) is 5.32. The molecule has 6 heteroatoms. The number of anilines is 1. The fourth-order valence-electron chi connectivity index (χ4n) is 4.83. The van der Waals surface area contributed by atoms with Gasteiger partial charge in [0.05, 0.1) is 5.04 Å². The van der Waals surface area contributed by atoms with Crippen LogP contribution in [0.4, 0.5) is 10.5 Å². The second-order valence-corrected chi connectivity index (χ2v) is 10.8. The molecule has 164 valence electrons. The lowest BCUT2D eigenvalue weighted by Gasteiger charge is -2.41. The van der Waals surface area contributed by atoms with Gasteiger partial charge in [0.2, 0.25) is 0 Å². The number of benzene rings is 1. The molecule has 0 radical (unpaired) electrons. The molecule has 3 aliphatic rings. The largest absolute Gasteiger partial charge is 0.444 e. The zero-order chi connectivity index (χ0) is 21.1. The number of hydrogen-bond donors (Lipinski definition) is 0. The van der Waals surface area contributed by atoms with Crippen LogP contribution in [-0.4, -0.2) is 60.1 Å². The second-order valence-electron chi connectivity index (χ2n) is 9.71. The normalized spacial score (nSPS) is 21.6. The van der Waals surface area contributed by atoms with Gasteiger partial charge in [0.1, 0.15) is 5.60 Å². The van der Waals surface area contributed by atoms with E-state index in [1.54, 1.807) is 0 Å². The number of carbonyl (C=O) groups is 1. The number of rotatable bonds is 3. The molecule has 0 bridgehead atoms. The summed E-state index contributed by atoms with van der Waals surface area (Å²) in [5.41, 5.74) is 2.18. The molecule has 1 amide bonds. The summed E-state index contributed by atoms with van der Waals surface area (Å²) < 4.78 is 5.53. The Balaban J connectivity index is 1.24. The van der Waals surface area contributed by atoms with E-state index in [4.69, 9.17) is 4.74 Å². The standard InChI is InChI=1S/C24H35N3O2S/c1-24(2,3)29-23(28)27-15-10-19(11-16-27)18-8-13-26(14-9-18)21-6-4-20(5-7-21)22-25-12-17-30-22/h4-7,18-19H,8-17H2,1-3H3. The molecule has 0 spiro atoms. The molecule has 0 unspecified atom stereocenters. The molecular formula is C24H35N3O2S. The molecule has 2 saturated heterocycles. The van der Waals surface area contributed by atoms with Gasteiger partial charge in [-0.1, -0.05) is 12.1 Å². The van der Waals surface area contributed by atoms with Crippen molar-refractivity contribution in [2.45, 2.75) is 52.1 Å². The Bertz CT molecular complexity index is 756. The first-order chi connectivity index (χ1) is 14.4. The number of thioether (sulfide) groups is 1. The third-order valence-electron chi connectivity index (χ3n) is 6.46. The monoisotopic (exact) mass is 429 g/mol. The molecule has 1 aromatic rings. The number of likely N-dealkylation sites (tertiary alicyclic amines) is 1. The zero-order valence-corrected chi connectivity index (χ0v) is 19.4. The molecule has 0 aliphatic carbocycles. The summed E-state index contributed by atoms with van der Waals surface area (Å²) in [7, 11) is 0. The number of carbonyl (C=O) groups excluding carboxylic acids is 1. The molecule has 3 aliphatic heterocycles. The number of amides is 1. The summed E-state index contributed by atoms with van der Waals surface area (Å²) in [6.45, 7) is 10.7. The lowest BCUT2D eigenvalue weighted by atomic mass is 9.79. The van der Waals surface area contributed by atoms with Crippen molar-refractivity contribution in [3.63, 3.8) is 0 Å². The highest BCUT2D eigenvalue weighted by Gasteiger charge is 2.32. The predicted octanol–water partition coefficient (Wildman–Crippen LogP) is 5.04. The maximum absolute atomic E-state index is 12.3. The van der Waals surface area contributed by atoms with Gasteiger partial charge in [-0.3, -0.25) is 4.99 Å². The van der Waals surface area contributed by atoms with Crippen LogP contribution in [0, 0.1) is 11.8 Å². The van der Waals surface area contributed by atoms with Gasteiger partial charge in [-0.2, -0.15) is 0 Å². The Morgan fingerprint density at radius 2 is 1.60 bits per heavy atom. The molecule has 0 atom stereocenters. The number of ether oxygens (including phenoxy) is 1. The molecule has 0 aromatic heterocycles. The summed E-state index contributed by atoms with van der Waals surface area (Å²) in [4.78, 5) is 21.3.